The monoisotopic (exact) mass is 527 g/mol. The van der Waals surface area contributed by atoms with Gasteiger partial charge < -0.3 is 20.6 Å². The van der Waals surface area contributed by atoms with Crippen LogP contribution in [0.15, 0.2) is 73.6 Å². The van der Waals surface area contributed by atoms with Crippen LogP contribution in [-0.4, -0.2) is 69.7 Å². The number of β-amino-alcohol motifs (C(OH)–C–C–N with tert-alkyl or cyclic N) is 1. The number of aliphatic hydroxyl groups is 1. The van der Waals surface area contributed by atoms with Gasteiger partial charge >= 0.3 is 0 Å². The van der Waals surface area contributed by atoms with Crippen molar-refractivity contribution in [2.24, 2.45) is 0 Å². The number of aromatic nitrogens is 3. The zero-order valence-electron chi connectivity index (χ0n) is 21.6. The van der Waals surface area contributed by atoms with Gasteiger partial charge in [0.05, 0.1) is 23.5 Å². The molecule has 1 aliphatic heterocycles. The first-order chi connectivity index (χ1) is 18.9. The number of hydrogen-bond acceptors (Lipinski definition) is 8. The van der Waals surface area contributed by atoms with Gasteiger partial charge in [0.15, 0.2) is 0 Å². The molecule has 1 aliphatic rings. The molecule has 200 valence electrons. The molecule has 2 aromatic carbocycles. The average molecular weight is 528 g/mol. The fraction of sp³-hybridized carbons (Fsp3) is 0.241. The first-order valence-electron chi connectivity index (χ1n) is 12.8. The predicted octanol–water partition coefficient (Wildman–Crippen LogP) is 4.20. The Balaban J connectivity index is 1.35. The number of nitrogens with zero attached hydrogens (tertiary/aromatic N) is 5. The highest BCUT2D eigenvalue weighted by Crippen LogP contribution is 2.32. The van der Waals surface area contributed by atoms with Gasteiger partial charge in [-0.1, -0.05) is 24.8 Å². The molecule has 39 heavy (non-hydrogen) atoms. The molecule has 0 aliphatic carbocycles. The van der Waals surface area contributed by atoms with E-state index < -0.39 is 5.82 Å². The summed E-state index contributed by atoms with van der Waals surface area (Å²) in [5.74, 6) is 0.432. The molecule has 10 heteroatoms. The normalized spacial score (nSPS) is 14.7. The van der Waals surface area contributed by atoms with Crippen molar-refractivity contribution in [1.29, 1.82) is 0 Å². The van der Waals surface area contributed by atoms with Gasteiger partial charge in [-0.3, -0.25) is 9.69 Å². The van der Waals surface area contributed by atoms with Gasteiger partial charge in [-0.05, 0) is 43.3 Å². The quantitative estimate of drug-likeness (QED) is 0.293. The Morgan fingerprint density at radius 3 is 2.59 bits per heavy atom. The Labute approximate surface area is 226 Å². The number of fused-ring (bicyclic) bond motifs is 1. The van der Waals surface area contributed by atoms with Crippen molar-refractivity contribution in [3.05, 3.63) is 79.4 Å². The molecule has 0 radical (unpaired) electrons. The molecule has 1 amide bonds. The van der Waals surface area contributed by atoms with Crippen LogP contribution < -0.4 is 15.5 Å². The first kappa shape index (κ1) is 26.2. The second kappa shape index (κ2) is 11.5. The molecule has 1 unspecified atom stereocenters. The van der Waals surface area contributed by atoms with E-state index in [1.807, 2.05) is 31.2 Å². The van der Waals surface area contributed by atoms with Crippen LogP contribution in [0, 0.1) is 5.82 Å². The molecule has 0 spiro atoms. The number of piperazine rings is 1. The van der Waals surface area contributed by atoms with E-state index in [1.165, 1.54) is 12.1 Å². The number of carbonyl (C=O) groups excluding carboxylic acids is 1. The molecule has 9 nitrogen and oxygen atoms in total. The highest BCUT2D eigenvalue weighted by molar-refractivity contribution is 6.00. The maximum absolute atomic E-state index is 14.9. The standard InChI is InChI=1S/C29H30FN7O2/c1-3-27(39)33-21-7-9-25(30)24(15-21)23-6-4-5-20-16-32-29(35-28(20)23)34-22-8-10-26(31-17-22)37-13-11-36(12-14-37)18-19(2)38/h3-10,15-17,19,38H,1,11-14,18H2,2H3,(H,33,39)(H,32,34,35). The van der Waals surface area contributed by atoms with Gasteiger partial charge in [-0.15, -0.1) is 0 Å². The summed E-state index contributed by atoms with van der Waals surface area (Å²) in [5, 5.41) is 16.2. The molecule has 2 aromatic heterocycles. The molecule has 0 saturated carbocycles. The number of carbonyl (C=O) groups is 1. The van der Waals surface area contributed by atoms with Crippen LogP contribution in [0.25, 0.3) is 22.0 Å². The second-order valence-corrected chi connectivity index (χ2v) is 9.49. The van der Waals surface area contributed by atoms with Crippen LogP contribution in [0.1, 0.15) is 6.92 Å². The lowest BCUT2D eigenvalue weighted by Crippen LogP contribution is -2.48. The molecule has 0 bridgehead atoms. The van der Waals surface area contributed by atoms with Crippen LogP contribution in [0.2, 0.25) is 0 Å². The fourth-order valence-electron chi connectivity index (χ4n) is 4.65. The van der Waals surface area contributed by atoms with Crippen molar-refractivity contribution in [3.8, 4) is 11.1 Å². The summed E-state index contributed by atoms with van der Waals surface area (Å²) in [6, 6.07) is 13.7. The highest BCUT2D eigenvalue weighted by Gasteiger charge is 2.19. The molecule has 1 atom stereocenters. The van der Waals surface area contributed by atoms with Crippen molar-refractivity contribution in [2.45, 2.75) is 13.0 Å². The van der Waals surface area contributed by atoms with Gasteiger partial charge in [0.2, 0.25) is 11.9 Å². The first-order valence-corrected chi connectivity index (χ1v) is 12.8. The van der Waals surface area contributed by atoms with E-state index in [-0.39, 0.29) is 12.0 Å². The van der Waals surface area contributed by atoms with E-state index in [1.54, 1.807) is 24.5 Å². The summed E-state index contributed by atoms with van der Waals surface area (Å²) in [7, 11) is 0. The molecular formula is C29H30FN7O2. The molecule has 3 N–H and O–H groups in total. The summed E-state index contributed by atoms with van der Waals surface area (Å²) in [4.78, 5) is 29.9. The molecular weight excluding hydrogens is 497 g/mol. The largest absolute Gasteiger partial charge is 0.392 e. The fourth-order valence-corrected chi connectivity index (χ4v) is 4.65. The van der Waals surface area contributed by atoms with E-state index in [0.29, 0.717) is 34.8 Å². The van der Waals surface area contributed by atoms with Crippen LogP contribution in [0.4, 0.5) is 27.5 Å². The van der Waals surface area contributed by atoms with Crippen LogP contribution in [0.5, 0.6) is 0 Å². The number of nitrogens with one attached hydrogen (secondary N) is 2. The number of rotatable bonds is 8. The smallest absolute Gasteiger partial charge is 0.247 e. The van der Waals surface area contributed by atoms with Crippen LogP contribution >= 0.6 is 0 Å². The van der Waals surface area contributed by atoms with Crippen molar-refractivity contribution >= 4 is 40.0 Å². The lowest BCUT2D eigenvalue weighted by atomic mass is 10.0. The number of amides is 1. The van der Waals surface area contributed by atoms with Gasteiger partial charge in [0.1, 0.15) is 11.6 Å². The number of pyridine rings is 1. The summed E-state index contributed by atoms with van der Waals surface area (Å²) >= 11 is 0. The van der Waals surface area contributed by atoms with E-state index in [0.717, 1.165) is 49.1 Å². The average Bonchev–Trinajstić information content (AvgIpc) is 2.94. The zero-order valence-corrected chi connectivity index (χ0v) is 21.6. The maximum atomic E-state index is 14.9. The van der Waals surface area contributed by atoms with E-state index in [9.17, 15) is 14.3 Å². The minimum absolute atomic E-state index is 0.312. The zero-order chi connectivity index (χ0) is 27.4. The SMILES string of the molecule is C=CC(=O)Nc1ccc(F)c(-c2cccc3cnc(Nc4ccc(N5CCN(CC(C)O)CC5)nc4)nc23)c1. The Hall–Kier alpha value is -4.41. The number of anilines is 4. The number of aliphatic hydroxyl groups excluding tert-OH is 1. The lowest BCUT2D eigenvalue weighted by molar-refractivity contribution is -0.111. The number of para-hydroxylation sites is 1. The molecule has 1 saturated heterocycles. The molecule has 5 rings (SSSR count). The third kappa shape index (κ3) is 6.19. The third-order valence-electron chi connectivity index (χ3n) is 6.54. The third-order valence-corrected chi connectivity index (χ3v) is 6.54. The summed E-state index contributed by atoms with van der Waals surface area (Å²) in [6.07, 6.45) is 4.25. The van der Waals surface area contributed by atoms with Crippen molar-refractivity contribution in [3.63, 3.8) is 0 Å². The Bertz CT molecular complexity index is 1490. The van der Waals surface area contributed by atoms with E-state index in [2.05, 4.69) is 42.0 Å². The van der Waals surface area contributed by atoms with E-state index >= 15 is 0 Å². The minimum Gasteiger partial charge on any atom is -0.392 e. The van der Waals surface area contributed by atoms with Gasteiger partial charge in [-0.2, -0.15) is 0 Å². The topological polar surface area (TPSA) is 107 Å². The number of benzene rings is 2. The van der Waals surface area contributed by atoms with E-state index in [4.69, 9.17) is 0 Å². The summed E-state index contributed by atoms with van der Waals surface area (Å²) < 4.78 is 14.9. The van der Waals surface area contributed by atoms with Crippen molar-refractivity contribution in [1.82, 2.24) is 19.9 Å². The molecule has 1 fully saturated rings. The lowest BCUT2D eigenvalue weighted by Gasteiger charge is -2.35. The van der Waals surface area contributed by atoms with Gasteiger partial charge in [0, 0.05) is 61.1 Å². The summed E-state index contributed by atoms with van der Waals surface area (Å²) in [5.41, 5.74) is 2.64. The Kier molecular flexibility index (Phi) is 7.76. The molecule has 3 heterocycles. The summed E-state index contributed by atoms with van der Waals surface area (Å²) in [6.45, 7) is 9.39. The number of hydrogen-bond donors (Lipinski definition) is 3. The Morgan fingerprint density at radius 1 is 1.08 bits per heavy atom. The maximum Gasteiger partial charge on any atom is 0.247 e. The highest BCUT2D eigenvalue weighted by atomic mass is 19.1. The Morgan fingerprint density at radius 2 is 1.87 bits per heavy atom. The van der Waals surface area contributed by atoms with Crippen molar-refractivity contribution < 1.29 is 14.3 Å². The van der Waals surface area contributed by atoms with Crippen molar-refractivity contribution in [2.75, 3.05) is 48.3 Å². The molecule has 4 aromatic rings. The van der Waals surface area contributed by atoms with Gasteiger partial charge in [-0.25, -0.2) is 19.3 Å². The van der Waals surface area contributed by atoms with Crippen LogP contribution in [-0.2, 0) is 4.79 Å². The second-order valence-electron chi connectivity index (χ2n) is 9.49. The number of halogens is 1. The predicted molar refractivity (Wildman–Crippen MR) is 152 cm³/mol. The van der Waals surface area contributed by atoms with Crippen LogP contribution in [0.3, 0.4) is 0 Å². The van der Waals surface area contributed by atoms with Gasteiger partial charge in [0.25, 0.3) is 0 Å². The minimum atomic E-state index is -0.432.